The minimum Gasteiger partial charge on any atom is -0.267 e. The average Bonchev–Trinajstić information content (AvgIpc) is 2.96. The predicted molar refractivity (Wildman–Crippen MR) is 102 cm³/mol. The number of nitrogens with zero attached hydrogens (tertiary/aromatic N) is 4. The number of rotatable bonds is 5. The quantitative estimate of drug-likeness (QED) is 0.467. The highest BCUT2D eigenvalue weighted by Gasteiger charge is 2.20. The van der Waals surface area contributed by atoms with E-state index in [4.69, 9.17) is 0 Å². The topological polar surface area (TPSA) is 121 Å². The Bertz CT molecular complexity index is 1070. The first kappa shape index (κ1) is 19.2. The number of aryl methyl sites for hydroxylation is 1. The van der Waals surface area contributed by atoms with Gasteiger partial charge in [-0.1, -0.05) is 11.8 Å². The van der Waals surface area contributed by atoms with Gasteiger partial charge in [0, 0.05) is 34.7 Å². The lowest BCUT2D eigenvalue weighted by atomic mass is 10.2. The molecule has 0 saturated heterocycles. The van der Waals surface area contributed by atoms with E-state index < -0.39 is 15.8 Å². The van der Waals surface area contributed by atoms with Crippen LogP contribution in [0.25, 0.3) is 0 Å². The Morgan fingerprint density at radius 1 is 0.929 bits per heavy atom. The summed E-state index contributed by atoms with van der Waals surface area (Å²) in [6, 6.07) is 11.4. The lowest BCUT2D eigenvalue weighted by molar-refractivity contribution is -0.385. The Balaban J connectivity index is 1.87. The van der Waals surface area contributed by atoms with E-state index in [-0.39, 0.29) is 16.9 Å². The minimum absolute atomic E-state index is 0.00170. The van der Waals surface area contributed by atoms with Crippen molar-refractivity contribution in [3.63, 3.8) is 0 Å². The molecule has 1 aromatic heterocycles. The normalized spacial score (nSPS) is 10.6. The number of nitro groups is 2. The summed E-state index contributed by atoms with van der Waals surface area (Å²) in [5.41, 5.74) is 1.43. The summed E-state index contributed by atoms with van der Waals surface area (Å²) >= 11 is 1.35. The number of hydrogen-bond donors (Lipinski definition) is 0. The van der Waals surface area contributed by atoms with Crippen molar-refractivity contribution in [2.75, 3.05) is 0 Å². The van der Waals surface area contributed by atoms with E-state index in [2.05, 4.69) is 5.10 Å². The van der Waals surface area contributed by atoms with Crippen LogP contribution in [0.5, 0.6) is 0 Å². The molecule has 3 aromatic rings. The Morgan fingerprint density at radius 2 is 1.43 bits per heavy atom. The number of carbonyl (C=O) groups excluding carboxylic acids is 1. The highest BCUT2D eigenvalue weighted by atomic mass is 32.2. The van der Waals surface area contributed by atoms with Gasteiger partial charge in [0.1, 0.15) is 0 Å². The predicted octanol–water partition coefficient (Wildman–Crippen LogP) is 4.16. The molecule has 9 nitrogen and oxygen atoms in total. The molecule has 0 fully saturated rings. The van der Waals surface area contributed by atoms with Gasteiger partial charge in [0.2, 0.25) is 0 Å². The third-order valence-electron chi connectivity index (χ3n) is 4.01. The average molecular weight is 398 g/mol. The molecule has 28 heavy (non-hydrogen) atoms. The van der Waals surface area contributed by atoms with E-state index in [1.807, 2.05) is 0 Å². The third-order valence-corrected chi connectivity index (χ3v) is 5.31. The van der Waals surface area contributed by atoms with Crippen LogP contribution in [-0.2, 0) is 0 Å². The maximum atomic E-state index is 12.7. The lowest BCUT2D eigenvalue weighted by Gasteiger charge is -2.05. The second kappa shape index (κ2) is 7.61. The first-order valence-electron chi connectivity index (χ1n) is 8.05. The van der Waals surface area contributed by atoms with Gasteiger partial charge in [0.05, 0.1) is 26.1 Å². The molecule has 0 N–H and O–H groups in total. The Hall–Kier alpha value is -3.53. The highest BCUT2D eigenvalue weighted by molar-refractivity contribution is 7.99. The Morgan fingerprint density at radius 3 is 1.93 bits per heavy atom. The van der Waals surface area contributed by atoms with Crippen molar-refractivity contribution in [1.82, 2.24) is 9.78 Å². The van der Waals surface area contributed by atoms with E-state index in [0.717, 1.165) is 9.79 Å². The van der Waals surface area contributed by atoms with Crippen LogP contribution in [0.3, 0.4) is 0 Å². The van der Waals surface area contributed by atoms with Crippen molar-refractivity contribution in [2.45, 2.75) is 23.6 Å². The van der Waals surface area contributed by atoms with Crippen LogP contribution >= 0.6 is 11.8 Å². The molecule has 0 aliphatic carbocycles. The van der Waals surface area contributed by atoms with Gasteiger partial charge in [-0.3, -0.25) is 25.0 Å². The van der Waals surface area contributed by atoms with Gasteiger partial charge in [-0.05, 0) is 38.1 Å². The molecule has 3 rings (SSSR count). The van der Waals surface area contributed by atoms with Crippen molar-refractivity contribution >= 4 is 29.0 Å². The lowest BCUT2D eigenvalue weighted by Crippen LogP contribution is -2.15. The molecular formula is C18H14N4O5S. The molecular weight excluding hydrogens is 384 g/mol. The molecule has 0 bridgehead atoms. The van der Waals surface area contributed by atoms with Gasteiger partial charge >= 0.3 is 0 Å². The highest BCUT2D eigenvalue weighted by Crippen LogP contribution is 2.33. The smallest absolute Gasteiger partial charge is 0.267 e. The fraction of sp³-hybridized carbons (Fsp3) is 0.111. The molecule has 0 spiro atoms. The van der Waals surface area contributed by atoms with Crippen molar-refractivity contribution < 1.29 is 14.6 Å². The number of benzene rings is 2. The number of nitro benzene ring substituents is 2. The molecule has 142 valence electrons. The van der Waals surface area contributed by atoms with E-state index in [0.29, 0.717) is 11.4 Å². The molecule has 0 radical (unpaired) electrons. The molecule has 0 unspecified atom stereocenters. The van der Waals surface area contributed by atoms with Crippen molar-refractivity contribution in [3.8, 4) is 0 Å². The maximum absolute atomic E-state index is 12.7. The second-order valence-corrected chi connectivity index (χ2v) is 6.96. The van der Waals surface area contributed by atoms with Crippen molar-refractivity contribution in [1.29, 1.82) is 0 Å². The molecule has 0 aliphatic rings. The maximum Gasteiger partial charge on any atom is 0.278 e. The van der Waals surface area contributed by atoms with E-state index in [9.17, 15) is 25.0 Å². The Kier molecular flexibility index (Phi) is 5.23. The van der Waals surface area contributed by atoms with Crippen molar-refractivity contribution in [2.24, 2.45) is 0 Å². The molecule has 0 atom stereocenters. The van der Waals surface area contributed by atoms with Gasteiger partial charge in [-0.15, -0.1) is 0 Å². The van der Waals surface area contributed by atoms with Crippen LogP contribution < -0.4 is 0 Å². The SMILES string of the molecule is Cc1nn(C(=O)c2ccc([N+](=O)[O-])cc2)c(C)c1Sc1ccc([N+](=O)[O-])cc1. The largest absolute Gasteiger partial charge is 0.278 e. The Labute approximate surface area is 163 Å². The zero-order valence-corrected chi connectivity index (χ0v) is 15.7. The zero-order chi connectivity index (χ0) is 20.4. The van der Waals surface area contributed by atoms with Gasteiger partial charge in [0.25, 0.3) is 17.3 Å². The minimum atomic E-state index is -0.531. The summed E-state index contributed by atoms with van der Waals surface area (Å²) < 4.78 is 1.25. The summed E-state index contributed by atoms with van der Waals surface area (Å²) in [7, 11) is 0. The van der Waals surface area contributed by atoms with Gasteiger partial charge in [-0.25, -0.2) is 0 Å². The van der Waals surface area contributed by atoms with Crippen LogP contribution in [-0.4, -0.2) is 25.5 Å². The van der Waals surface area contributed by atoms with Crippen molar-refractivity contribution in [3.05, 3.63) is 85.7 Å². The molecule has 2 aromatic carbocycles. The van der Waals surface area contributed by atoms with E-state index >= 15 is 0 Å². The monoisotopic (exact) mass is 398 g/mol. The fourth-order valence-electron chi connectivity index (χ4n) is 2.58. The van der Waals surface area contributed by atoms with Gasteiger partial charge in [-0.2, -0.15) is 9.78 Å². The summed E-state index contributed by atoms with van der Waals surface area (Å²) in [5, 5.41) is 25.8. The van der Waals surface area contributed by atoms with E-state index in [1.165, 1.54) is 52.8 Å². The standard InChI is InChI=1S/C18H14N4O5S/c1-11-17(28-16-9-7-15(8-10-16)22(26)27)12(2)20(19-11)18(23)13-3-5-14(6-4-13)21(24)25/h3-10H,1-2H3. The van der Waals surface area contributed by atoms with Crippen LogP contribution in [0.1, 0.15) is 21.7 Å². The van der Waals surface area contributed by atoms with Gasteiger partial charge in [0.15, 0.2) is 0 Å². The molecule has 1 heterocycles. The summed E-state index contributed by atoms with van der Waals surface area (Å²) in [4.78, 5) is 34.8. The zero-order valence-electron chi connectivity index (χ0n) is 14.9. The molecule has 0 amide bonds. The van der Waals surface area contributed by atoms with Crippen LogP contribution in [0.15, 0.2) is 58.3 Å². The molecule has 0 saturated carbocycles. The summed E-state index contributed by atoms with van der Waals surface area (Å²) in [6.07, 6.45) is 0. The van der Waals surface area contributed by atoms with E-state index in [1.54, 1.807) is 26.0 Å². The molecule has 10 heteroatoms. The summed E-state index contributed by atoms with van der Waals surface area (Å²) in [5.74, 6) is -0.397. The second-order valence-electron chi connectivity index (χ2n) is 5.87. The summed E-state index contributed by atoms with van der Waals surface area (Å²) in [6.45, 7) is 3.51. The van der Waals surface area contributed by atoms with Gasteiger partial charge < -0.3 is 0 Å². The number of carbonyl (C=O) groups is 1. The fourth-order valence-corrected chi connectivity index (χ4v) is 3.51. The third kappa shape index (κ3) is 3.76. The van der Waals surface area contributed by atoms with Crippen LogP contribution in [0.4, 0.5) is 11.4 Å². The number of non-ortho nitro benzene ring substituents is 2. The first-order valence-corrected chi connectivity index (χ1v) is 8.87. The number of hydrogen-bond acceptors (Lipinski definition) is 7. The van der Waals surface area contributed by atoms with Crippen LogP contribution in [0.2, 0.25) is 0 Å². The molecule has 0 aliphatic heterocycles. The number of aromatic nitrogens is 2. The first-order chi connectivity index (χ1) is 13.3. The van der Waals surface area contributed by atoms with Crippen LogP contribution in [0, 0.1) is 34.1 Å².